The van der Waals surface area contributed by atoms with E-state index >= 15 is 0 Å². The lowest BCUT2D eigenvalue weighted by molar-refractivity contribution is 0.220. The standard InChI is InChI=1S/C10H16N4/c11-10-12-6-9(7-13-10)8-14-4-2-1-3-5-14/h6-7H,1-5,8H2,(H2,11,12,13). The molecule has 0 aromatic carbocycles. The van der Waals surface area contributed by atoms with Crippen LogP contribution in [0.4, 0.5) is 5.95 Å². The van der Waals surface area contributed by atoms with Gasteiger partial charge in [-0.25, -0.2) is 9.97 Å². The topological polar surface area (TPSA) is 55.0 Å². The number of anilines is 1. The predicted octanol–water partition coefficient (Wildman–Crippen LogP) is 1.04. The molecule has 0 radical (unpaired) electrons. The lowest BCUT2D eigenvalue weighted by Crippen LogP contribution is -2.29. The molecular formula is C10H16N4. The van der Waals surface area contributed by atoms with Gasteiger partial charge in [0.25, 0.3) is 0 Å². The molecule has 14 heavy (non-hydrogen) atoms. The van der Waals surface area contributed by atoms with Gasteiger partial charge in [0.15, 0.2) is 0 Å². The van der Waals surface area contributed by atoms with Crippen LogP contribution in [0, 0.1) is 0 Å². The van der Waals surface area contributed by atoms with Crippen LogP contribution in [-0.2, 0) is 6.54 Å². The number of nitrogens with zero attached hydrogens (tertiary/aromatic N) is 3. The molecule has 0 atom stereocenters. The second-order valence-corrected chi connectivity index (χ2v) is 3.79. The Hall–Kier alpha value is -1.16. The Morgan fingerprint density at radius 1 is 1.14 bits per heavy atom. The Morgan fingerprint density at radius 3 is 2.43 bits per heavy atom. The highest BCUT2D eigenvalue weighted by atomic mass is 15.1. The summed E-state index contributed by atoms with van der Waals surface area (Å²) in [4.78, 5) is 10.4. The van der Waals surface area contributed by atoms with Crippen molar-refractivity contribution < 1.29 is 0 Å². The largest absolute Gasteiger partial charge is 0.368 e. The van der Waals surface area contributed by atoms with Gasteiger partial charge in [0.05, 0.1) is 0 Å². The number of hydrogen-bond donors (Lipinski definition) is 1. The summed E-state index contributed by atoms with van der Waals surface area (Å²) in [5, 5.41) is 0. The Labute approximate surface area is 84.2 Å². The summed E-state index contributed by atoms with van der Waals surface area (Å²) in [5.74, 6) is 0.354. The summed E-state index contributed by atoms with van der Waals surface area (Å²) >= 11 is 0. The molecule has 0 saturated carbocycles. The molecule has 4 heteroatoms. The van der Waals surface area contributed by atoms with Crippen molar-refractivity contribution >= 4 is 5.95 Å². The van der Waals surface area contributed by atoms with E-state index in [1.54, 1.807) is 0 Å². The van der Waals surface area contributed by atoms with E-state index in [1.807, 2.05) is 12.4 Å². The van der Waals surface area contributed by atoms with Crippen LogP contribution in [0.3, 0.4) is 0 Å². The lowest BCUT2D eigenvalue weighted by atomic mass is 10.1. The molecule has 1 aliphatic rings. The van der Waals surface area contributed by atoms with E-state index in [0.717, 1.165) is 12.1 Å². The average molecular weight is 192 g/mol. The second-order valence-electron chi connectivity index (χ2n) is 3.79. The van der Waals surface area contributed by atoms with Crippen molar-refractivity contribution in [3.05, 3.63) is 18.0 Å². The van der Waals surface area contributed by atoms with E-state index in [0.29, 0.717) is 5.95 Å². The van der Waals surface area contributed by atoms with Crippen LogP contribution in [0.15, 0.2) is 12.4 Å². The highest BCUT2D eigenvalue weighted by Gasteiger charge is 2.10. The zero-order valence-electron chi connectivity index (χ0n) is 8.32. The zero-order valence-corrected chi connectivity index (χ0v) is 8.32. The van der Waals surface area contributed by atoms with E-state index < -0.39 is 0 Å². The lowest BCUT2D eigenvalue weighted by Gasteiger charge is -2.26. The fourth-order valence-corrected chi connectivity index (χ4v) is 1.82. The number of rotatable bonds is 2. The normalized spacial score (nSPS) is 18.3. The molecule has 2 N–H and O–H groups in total. The summed E-state index contributed by atoms with van der Waals surface area (Å²) in [5.41, 5.74) is 6.58. The third-order valence-corrected chi connectivity index (χ3v) is 2.58. The maximum atomic E-state index is 5.42. The summed E-state index contributed by atoms with van der Waals surface area (Å²) in [6.45, 7) is 3.36. The monoisotopic (exact) mass is 192 g/mol. The van der Waals surface area contributed by atoms with Crippen molar-refractivity contribution in [2.24, 2.45) is 0 Å². The zero-order chi connectivity index (χ0) is 9.80. The minimum Gasteiger partial charge on any atom is -0.368 e. The Balaban J connectivity index is 1.92. The number of piperidine rings is 1. The van der Waals surface area contributed by atoms with E-state index in [9.17, 15) is 0 Å². The second kappa shape index (κ2) is 4.37. The Morgan fingerprint density at radius 2 is 1.79 bits per heavy atom. The number of nitrogen functional groups attached to an aromatic ring is 1. The first-order chi connectivity index (χ1) is 6.84. The van der Waals surface area contributed by atoms with Gasteiger partial charge in [0, 0.05) is 24.5 Å². The number of nitrogens with two attached hydrogens (primary N) is 1. The molecule has 1 fully saturated rings. The van der Waals surface area contributed by atoms with Crippen molar-refractivity contribution in [3.63, 3.8) is 0 Å². The van der Waals surface area contributed by atoms with Crippen molar-refractivity contribution in [3.8, 4) is 0 Å². The molecule has 2 heterocycles. The number of aromatic nitrogens is 2. The fraction of sp³-hybridized carbons (Fsp3) is 0.600. The highest BCUT2D eigenvalue weighted by Crippen LogP contribution is 2.11. The number of hydrogen-bond acceptors (Lipinski definition) is 4. The van der Waals surface area contributed by atoms with Crippen molar-refractivity contribution in [2.75, 3.05) is 18.8 Å². The minimum atomic E-state index is 0.354. The van der Waals surface area contributed by atoms with Gasteiger partial charge in [-0.1, -0.05) is 6.42 Å². The van der Waals surface area contributed by atoms with Crippen LogP contribution in [0.1, 0.15) is 24.8 Å². The van der Waals surface area contributed by atoms with Gasteiger partial charge < -0.3 is 5.73 Å². The van der Waals surface area contributed by atoms with Gasteiger partial charge in [-0.2, -0.15) is 0 Å². The quantitative estimate of drug-likeness (QED) is 0.760. The predicted molar refractivity (Wildman–Crippen MR) is 55.6 cm³/mol. The molecule has 0 amide bonds. The van der Waals surface area contributed by atoms with Gasteiger partial charge in [0.1, 0.15) is 0 Å². The number of likely N-dealkylation sites (tertiary alicyclic amines) is 1. The molecule has 0 aliphatic carbocycles. The van der Waals surface area contributed by atoms with Crippen molar-refractivity contribution in [1.29, 1.82) is 0 Å². The molecule has 1 aromatic heterocycles. The maximum absolute atomic E-state index is 5.42. The first kappa shape index (κ1) is 9.40. The van der Waals surface area contributed by atoms with Crippen molar-refractivity contribution in [2.45, 2.75) is 25.8 Å². The molecule has 4 nitrogen and oxygen atoms in total. The Bertz CT molecular complexity index is 277. The van der Waals surface area contributed by atoms with E-state index in [2.05, 4.69) is 14.9 Å². The van der Waals surface area contributed by atoms with Gasteiger partial charge in [-0.05, 0) is 25.9 Å². The SMILES string of the molecule is Nc1ncc(CN2CCCCC2)cn1. The molecular weight excluding hydrogens is 176 g/mol. The van der Waals surface area contributed by atoms with Crippen LogP contribution < -0.4 is 5.73 Å². The third kappa shape index (κ3) is 2.42. The first-order valence-electron chi connectivity index (χ1n) is 5.13. The van der Waals surface area contributed by atoms with Gasteiger partial charge in [-0.3, -0.25) is 4.90 Å². The van der Waals surface area contributed by atoms with E-state index in [-0.39, 0.29) is 0 Å². The van der Waals surface area contributed by atoms with Gasteiger partial charge >= 0.3 is 0 Å². The molecule has 2 rings (SSSR count). The van der Waals surface area contributed by atoms with Crippen LogP contribution in [0.5, 0.6) is 0 Å². The minimum absolute atomic E-state index is 0.354. The van der Waals surface area contributed by atoms with Crippen LogP contribution in [0.2, 0.25) is 0 Å². The third-order valence-electron chi connectivity index (χ3n) is 2.58. The molecule has 1 aromatic rings. The van der Waals surface area contributed by atoms with E-state index in [1.165, 1.54) is 32.4 Å². The molecule has 0 unspecified atom stereocenters. The Kier molecular flexibility index (Phi) is 2.93. The summed E-state index contributed by atoms with van der Waals surface area (Å²) in [6.07, 6.45) is 7.63. The first-order valence-corrected chi connectivity index (χ1v) is 5.13. The molecule has 76 valence electrons. The molecule has 1 saturated heterocycles. The van der Waals surface area contributed by atoms with Crippen LogP contribution >= 0.6 is 0 Å². The smallest absolute Gasteiger partial charge is 0.219 e. The van der Waals surface area contributed by atoms with Crippen molar-refractivity contribution in [1.82, 2.24) is 14.9 Å². The average Bonchev–Trinajstić information content (AvgIpc) is 2.23. The molecule has 1 aliphatic heterocycles. The summed E-state index contributed by atoms with van der Waals surface area (Å²) in [7, 11) is 0. The highest BCUT2D eigenvalue weighted by molar-refractivity contribution is 5.17. The summed E-state index contributed by atoms with van der Waals surface area (Å²) < 4.78 is 0. The maximum Gasteiger partial charge on any atom is 0.219 e. The van der Waals surface area contributed by atoms with Crippen LogP contribution in [-0.4, -0.2) is 28.0 Å². The van der Waals surface area contributed by atoms with Gasteiger partial charge in [0.2, 0.25) is 5.95 Å². The van der Waals surface area contributed by atoms with E-state index in [4.69, 9.17) is 5.73 Å². The molecule has 0 bridgehead atoms. The molecule has 0 spiro atoms. The fourth-order valence-electron chi connectivity index (χ4n) is 1.82. The van der Waals surface area contributed by atoms with Crippen LogP contribution in [0.25, 0.3) is 0 Å². The van der Waals surface area contributed by atoms with Gasteiger partial charge in [-0.15, -0.1) is 0 Å². The summed E-state index contributed by atoms with van der Waals surface area (Å²) in [6, 6.07) is 0.